The van der Waals surface area contributed by atoms with Crippen LogP contribution in [-0.4, -0.2) is 15.2 Å². The molecule has 84 valence electrons. The molecule has 0 unspecified atom stereocenters. The maximum absolute atomic E-state index is 4.24. The quantitative estimate of drug-likeness (QED) is 0.742. The Morgan fingerprint density at radius 3 is 2.94 bits per heavy atom. The first kappa shape index (κ1) is 10.5. The lowest BCUT2D eigenvalue weighted by Gasteiger charge is -2.05. The highest BCUT2D eigenvalue weighted by molar-refractivity contribution is 9.10. The normalized spacial score (nSPS) is 10.9. The summed E-state index contributed by atoms with van der Waals surface area (Å²) in [5.74, 6) is 0. The summed E-state index contributed by atoms with van der Waals surface area (Å²) in [4.78, 5) is 4.24. The van der Waals surface area contributed by atoms with Crippen molar-refractivity contribution in [3.8, 4) is 11.1 Å². The molecular weight excluding hydrogens is 278 g/mol. The number of H-pyrrole nitrogens is 1. The molecule has 3 nitrogen and oxygen atoms in total. The number of benzene rings is 1. The molecule has 0 aliphatic heterocycles. The summed E-state index contributed by atoms with van der Waals surface area (Å²) in [6.07, 6.45) is 3.61. The number of rotatable bonds is 1. The zero-order valence-electron chi connectivity index (χ0n) is 9.24. The number of nitrogens with one attached hydrogen (secondary N) is 1. The summed E-state index contributed by atoms with van der Waals surface area (Å²) in [6, 6.07) is 8.35. The summed E-state index contributed by atoms with van der Waals surface area (Å²) in [7, 11) is 0. The SMILES string of the molecule is Cc1ccc(-c2ccnc3[nH]ncc23)cc1Br. The number of hydrogen-bond acceptors (Lipinski definition) is 2. The number of nitrogens with zero attached hydrogens (tertiary/aromatic N) is 2. The van der Waals surface area contributed by atoms with Crippen LogP contribution in [0.3, 0.4) is 0 Å². The van der Waals surface area contributed by atoms with E-state index in [0.29, 0.717) is 0 Å². The Bertz CT molecular complexity index is 688. The van der Waals surface area contributed by atoms with Gasteiger partial charge in [0.15, 0.2) is 5.65 Å². The third-order valence-electron chi connectivity index (χ3n) is 2.84. The van der Waals surface area contributed by atoms with Crippen LogP contribution in [-0.2, 0) is 0 Å². The molecule has 2 aromatic heterocycles. The van der Waals surface area contributed by atoms with E-state index in [0.717, 1.165) is 26.6 Å². The molecule has 0 saturated carbocycles. The molecule has 1 aromatic carbocycles. The molecule has 0 radical (unpaired) electrons. The van der Waals surface area contributed by atoms with Crippen LogP contribution in [0, 0.1) is 6.92 Å². The highest BCUT2D eigenvalue weighted by atomic mass is 79.9. The van der Waals surface area contributed by atoms with Crippen molar-refractivity contribution in [3.63, 3.8) is 0 Å². The Labute approximate surface area is 107 Å². The Balaban J connectivity index is 2.26. The molecule has 0 spiro atoms. The Hall–Kier alpha value is -1.68. The maximum atomic E-state index is 4.24. The minimum atomic E-state index is 0.819. The first-order chi connectivity index (χ1) is 8.25. The predicted octanol–water partition coefficient (Wildman–Crippen LogP) is 3.70. The van der Waals surface area contributed by atoms with Gasteiger partial charge < -0.3 is 0 Å². The van der Waals surface area contributed by atoms with E-state index < -0.39 is 0 Å². The van der Waals surface area contributed by atoms with Gasteiger partial charge in [0.05, 0.1) is 6.20 Å². The number of halogens is 1. The van der Waals surface area contributed by atoms with Gasteiger partial charge in [0.25, 0.3) is 0 Å². The second-order valence-corrected chi connectivity index (χ2v) is 4.81. The van der Waals surface area contributed by atoms with E-state index >= 15 is 0 Å². The molecule has 17 heavy (non-hydrogen) atoms. The third kappa shape index (κ3) is 1.74. The van der Waals surface area contributed by atoms with Gasteiger partial charge in [-0.1, -0.05) is 28.1 Å². The van der Waals surface area contributed by atoms with Gasteiger partial charge in [0.1, 0.15) is 0 Å². The molecule has 1 N–H and O–H groups in total. The average molecular weight is 288 g/mol. The molecule has 0 amide bonds. The van der Waals surface area contributed by atoms with Gasteiger partial charge in [0.2, 0.25) is 0 Å². The number of fused-ring (bicyclic) bond motifs is 1. The second kappa shape index (κ2) is 3.96. The molecule has 3 rings (SSSR count). The van der Waals surface area contributed by atoms with Crippen molar-refractivity contribution in [2.24, 2.45) is 0 Å². The number of aromatic amines is 1. The van der Waals surface area contributed by atoms with Crippen molar-refractivity contribution >= 4 is 27.0 Å². The molecule has 4 heteroatoms. The Kier molecular flexibility index (Phi) is 2.44. The van der Waals surface area contributed by atoms with E-state index in [-0.39, 0.29) is 0 Å². The lowest BCUT2D eigenvalue weighted by atomic mass is 10.0. The number of hydrogen-bond donors (Lipinski definition) is 1. The predicted molar refractivity (Wildman–Crippen MR) is 71.8 cm³/mol. The van der Waals surface area contributed by atoms with Crippen molar-refractivity contribution in [2.45, 2.75) is 6.92 Å². The number of aromatic nitrogens is 3. The van der Waals surface area contributed by atoms with Crippen LogP contribution >= 0.6 is 15.9 Å². The number of pyridine rings is 1. The lowest BCUT2D eigenvalue weighted by molar-refractivity contribution is 1.10. The first-order valence-electron chi connectivity index (χ1n) is 5.30. The Morgan fingerprint density at radius 1 is 1.24 bits per heavy atom. The smallest absolute Gasteiger partial charge is 0.155 e. The standard InChI is InChI=1S/C13H10BrN3/c1-8-2-3-9(6-12(8)14)10-4-5-15-13-11(10)7-16-17-13/h2-7H,1H3,(H,15,16,17). The minimum Gasteiger partial charge on any atom is -0.261 e. The van der Waals surface area contributed by atoms with Gasteiger partial charge in [0, 0.05) is 16.1 Å². The van der Waals surface area contributed by atoms with Crippen molar-refractivity contribution in [1.29, 1.82) is 0 Å². The average Bonchev–Trinajstić information content (AvgIpc) is 2.80. The second-order valence-electron chi connectivity index (χ2n) is 3.95. The Morgan fingerprint density at radius 2 is 2.12 bits per heavy atom. The molecule has 0 saturated heterocycles. The summed E-state index contributed by atoms with van der Waals surface area (Å²) in [6.45, 7) is 2.08. The zero-order valence-corrected chi connectivity index (χ0v) is 10.8. The molecule has 0 bridgehead atoms. The monoisotopic (exact) mass is 287 g/mol. The summed E-state index contributed by atoms with van der Waals surface area (Å²) in [5, 5.41) is 7.96. The van der Waals surface area contributed by atoms with Gasteiger partial charge in [-0.05, 0) is 35.7 Å². The molecule has 0 atom stereocenters. The van der Waals surface area contributed by atoms with Gasteiger partial charge in [-0.2, -0.15) is 5.10 Å². The zero-order chi connectivity index (χ0) is 11.8. The van der Waals surface area contributed by atoms with E-state index in [1.807, 2.05) is 12.3 Å². The van der Waals surface area contributed by atoms with Crippen molar-refractivity contribution in [3.05, 3.63) is 46.7 Å². The summed E-state index contributed by atoms with van der Waals surface area (Å²) < 4.78 is 1.11. The van der Waals surface area contributed by atoms with Crippen LogP contribution in [0.15, 0.2) is 41.1 Å². The molecule has 3 aromatic rings. The van der Waals surface area contributed by atoms with Gasteiger partial charge in [-0.25, -0.2) is 4.98 Å². The topological polar surface area (TPSA) is 41.6 Å². The highest BCUT2D eigenvalue weighted by Crippen LogP contribution is 2.29. The van der Waals surface area contributed by atoms with Crippen molar-refractivity contribution in [1.82, 2.24) is 15.2 Å². The number of aryl methyl sites for hydroxylation is 1. The van der Waals surface area contributed by atoms with Crippen molar-refractivity contribution in [2.75, 3.05) is 0 Å². The molecule has 0 aliphatic rings. The molecule has 0 fully saturated rings. The van der Waals surface area contributed by atoms with Crippen LogP contribution in [0.1, 0.15) is 5.56 Å². The van der Waals surface area contributed by atoms with E-state index in [9.17, 15) is 0 Å². The van der Waals surface area contributed by atoms with Gasteiger partial charge in [-0.3, -0.25) is 5.10 Å². The summed E-state index contributed by atoms with van der Waals surface area (Å²) in [5.41, 5.74) is 4.35. The highest BCUT2D eigenvalue weighted by Gasteiger charge is 2.06. The molecule has 0 aliphatic carbocycles. The van der Waals surface area contributed by atoms with Gasteiger partial charge >= 0.3 is 0 Å². The van der Waals surface area contributed by atoms with E-state index in [1.165, 1.54) is 5.56 Å². The van der Waals surface area contributed by atoms with Crippen LogP contribution in [0.4, 0.5) is 0 Å². The van der Waals surface area contributed by atoms with Crippen LogP contribution in [0.25, 0.3) is 22.2 Å². The molecular formula is C13H10BrN3. The van der Waals surface area contributed by atoms with Crippen LogP contribution < -0.4 is 0 Å². The van der Waals surface area contributed by atoms with Crippen LogP contribution in [0.5, 0.6) is 0 Å². The fourth-order valence-corrected chi connectivity index (χ4v) is 2.24. The largest absolute Gasteiger partial charge is 0.261 e. The maximum Gasteiger partial charge on any atom is 0.155 e. The summed E-state index contributed by atoms with van der Waals surface area (Å²) >= 11 is 3.56. The van der Waals surface area contributed by atoms with E-state index in [2.05, 4.69) is 56.2 Å². The van der Waals surface area contributed by atoms with Crippen LogP contribution in [0.2, 0.25) is 0 Å². The molecule has 2 heterocycles. The fourth-order valence-electron chi connectivity index (χ4n) is 1.86. The van der Waals surface area contributed by atoms with Gasteiger partial charge in [-0.15, -0.1) is 0 Å². The van der Waals surface area contributed by atoms with Crippen molar-refractivity contribution < 1.29 is 0 Å². The van der Waals surface area contributed by atoms with E-state index in [1.54, 1.807) is 6.20 Å². The first-order valence-corrected chi connectivity index (χ1v) is 6.09. The fraction of sp³-hybridized carbons (Fsp3) is 0.0769. The lowest BCUT2D eigenvalue weighted by Crippen LogP contribution is -1.83. The van der Waals surface area contributed by atoms with E-state index in [4.69, 9.17) is 0 Å². The third-order valence-corrected chi connectivity index (χ3v) is 3.69. The minimum absolute atomic E-state index is 0.819.